The van der Waals surface area contributed by atoms with E-state index in [4.69, 9.17) is 4.74 Å². The molecule has 1 amide bonds. The Kier molecular flexibility index (Phi) is 6.55. The first-order chi connectivity index (χ1) is 15.6. The third-order valence-electron chi connectivity index (χ3n) is 5.02. The molecule has 2 aromatic heterocycles. The van der Waals surface area contributed by atoms with Gasteiger partial charge in [-0.25, -0.2) is 9.07 Å². The number of halogens is 1. The molecule has 0 radical (unpaired) electrons. The van der Waals surface area contributed by atoms with E-state index in [2.05, 4.69) is 15.4 Å². The zero-order chi connectivity index (χ0) is 22.3. The van der Waals surface area contributed by atoms with Gasteiger partial charge in [-0.15, -0.1) is 0 Å². The van der Waals surface area contributed by atoms with Crippen molar-refractivity contribution in [3.63, 3.8) is 0 Å². The summed E-state index contributed by atoms with van der Waals surface area (Å²) < 4.78 is 21.9. The molecular formula is C25H23FN4O2. The highest BCUT2D eigenvalue weighted by atomic mass is 19.1. The molecule has 0 spiro atoms. The summed E-state index contributed by atoms with van der Waals surface area (Å²) >= 11 is 0. The zero-order valence-corrected chi connectivity index (χ0v) is 17.7. The van der Waals surface area contributed by atoms with Crippen LogP contribution in [0.25, 0.3) is 5.69 Å². The number of hydrogen-bond acceptors (Lipinski definition) is 4. The van der Waals surface area contributed by atoms with Crippen molar-refractivity contribution in [2.75, 3.05) is 0 Å². The van der Waals surface area contributed by atoms with E-state index >= 15 is 0 Å². The number of pyridine rings is 1. The maximum atomic E-state index is 14.3. The van der Waals surface area contributed by atoms with E-state index in [1.54, 1.807) is 35.3 Å². The minimum atomic E-state index is -0.466. The summed E-state index contributed by atoms with van der Waals surface area (Å²) in [7, 11) is 0. The fourth-order valence-corrected chi connectivity index (χ4v) is 3.34. The van der Waals surface area contributed by atoms with Gasteiger partial charge in [-0.3, -0.25) is 9.78 Å². The summed E-state index contributed by atoms with van der Waals surface area (Å²) in [5, 5.41) is 7.52. The van der Waals surface area contributed by atoms with Crippen LogP contribution in [0.15, 0.2) is 79.1 Å². The predicted octanol–water partition coefficient (Wildman–Crippen LogP) is 4.76. The number of nitrogens with one attached hydrogen (secondary N) is 1. The number of aromatic nitrogens is 3. The third kappa shape index (κ3) is 5.00. The molecule has 7 heteroatoms. The van der Waals surface area contributed by atoms with Crippen molar-refractivity contribution < 1.29 is 13.9 Å². The summed E-state index contributed by atoms with van der Waals surface area (Å²) in [4.78, 5) is 16.4. The molecule has 6 nitrogen and oxygen atoms in total. The molecule has 0 aliphatic rings. The minimum absolute atomic E-state index is 0.0921. The maximum Gasteiger partial charge on any atom is 0.226 e. The topological polar surface area (TPSA) is 69.0 Å². The first kappa shape index (κ1) is 21.2. The minimum Gasteiger partial charge on any atom is -0.436 e. The van der Waals surface area contributed by atoms with Crippen LogP contribution < -0.4 is 10.1 Å². The number of para-hydroxylation sites is 2. The lowest BCUT2D eigenvalue weighted by Gasteiger charge is -2.12. The number of carbonyl (C=O) groups excluding carboxylic acids is 1. The molecule has 4 rings (SSSR count). The number of nitrogens with zero attached hydrogens (tertiary/aromatic N) is 3. The molecule has 0 atom stereocenters. The van der Waals surface area contributed by atoms with Gasteiger partial charge < -0.3 is 10.1 Å². The zero-order valence-electron chi connectivity index (χ0n) is 17.7. The lowest BCUT2D eigenvalue weighted by Crippen LogP contribution is -2.23. The summed E-state index contributed by atoms with van der Waals surface area (Å²) in [6.45, 7) is 2.29. The number of aryl methyl sites for hydroxylation is 1. The molecule has 0 saturated heterocycles. The number of rotatable bonds is 8. The van der Waals surface area contributed by atoms with Crippen molar-refractivity contribution in [2.24, 2.45) is 0 Å². The third-order valence-corrected chi connectivity index (χ3v) is 5.02. The quantitative estimate of drug-likeness (QED) is 0.438. The van der Waals surface area contributed by atoms with Gasteiger partial charge in [0.15, 0.2) is 11.6 Å². The Balaban J connectivity index is 1.56. The normalized spacial score (nSPS) is 10.7. The van der Waals surface area contributed by atoms with E-state index in [9.17, 15) is 9.18 Å². The molecule has 1 N–H and O–H groups in total. The first-order valence-corrected chi connectivity index (χ1v) is 10.3. The van der Waals surface area contributed by atoms with Crippen molar-refractivity contribution in [1.29, 1.82) is 0 Å². The monoisotopic (exact) mass is 430 g/mol. The molecule has 0 fully saturated rings. The van der Waals surface area contributed by atoms with E-state index in [-0.39, 0.29) is 18.1 Å². The van der Waals surface area contributed by atoms with Crippen LogP contribution in [0, 0.1) is 12.7 Å². The standard InChI is InChI=1S/C25H23FN4O2/c1-18-21(11-12-24(31)28-17-19-13-15-27-16-14-19)25(32-23-10-6-5-9-22(23)26)30(29-18)20-7-3-2-4-8-20/h2-10,13-16H,11-12,17H2,1H3,(H,28,31). The lowest BCUT2D eigenvalue weighted by molar-refractivity contribution is -0.121. The first-order valence-electron chi connectivity index (χ1n) is 10.3. The molecule has 32 heavy (non-hydrogen) atoms. The molecule has 0 aliphatic carbocycles. The predicted molar refractivity (Wildman–Crippen MR) is 119 cm³/mol. The Morgan fingerprint density at radius 2 is 1.75 bits per heavy atom. The van der Waals surface area contributed by atoms with E-state index in [1.165, 1.54) is 6.07 Å². The Morgan fingerprint density at radius 1 is 1.03 bits per heavy atom. The fourth-order valence-electron chi connectivity index (χ4n) is 3.34. The SMILES string of the molecule is Cc1nn(-c2ccccc2)c(Oc2ccccc2F)c1CCC(=O)NCc1ccncc1. The Hall–Kier alpha value is -4.00. The molecule has 4 aromatic rings. The van der Waals surface area contributed by atoms with Crippen LogP contribution in [0.2, 0.25) is 0 Å². The Bertz CT molecular complexity index is 1190. The van der Waals surface area contributed by atoms with E-state index in [1.807, 2.05) is 49.4 Å². The van der Waals surface area contributed by atoms with Crippen LogP contribution in [-0.4, -0.2) is 20.7 Å². The van der Waals surface area contributed by atoms with Crippen LogP contribution in [0.4, 0.5) is 4.39 Å². The summed E-state index contributed by atoms with van der Waals surface area (Å²) in [5.74, 6) is -0.0498. The molecule has 0 aliphatic heterocycles. The maximum absolute atomic E-state index is 14.3. The molecule has 0 unspecified atom stereocenters. The van der Waals surface area contributed by atoms with Gasteiger partial charge in [0.25, 0.3) is 0 Å². The molecule has 0 saturated carbocycles. The van der Waals surface area contributed by atoms with Crippen molar-refractivity contribution in [3.8, 4) is 17.3 Å². The van der Waals surface area contributed by atoms with E-state index in [0.717, 1.165) is 22.5 Å². The van der Waals surface area contributed by atoms with Gasteiger partial charge in [0, 0.05) is 30.9 Å². The second-order valence-corrected chi connectivity index (χ2v) is 7.28. The highest BCUT2D eigenvalue weighted by Crippen LogP contribution is 2.32. The van der Waals surface area contributed by atoms with Crippen molar-refractivity contribution in [2.45, 2.75) is 26.3 Å². The molecule has 2 aromatic carbocycles. The second kappa shape index (κ2) is 9.87. The second-order valence-electron chi connectivity index (χ2n) is 7.28. The van der Waals surface area contributed by atoms with Crippen molar-refractivity contribution in [1.82, 2.24) is 20.1 Å². The Labute approximate surface area is 185 Å². The van der Waals surface area contributed by atoms with Crippen molar-refractivity contribution >= 4 is 5.91 Å². The molecular weight excluding hydrogens is 407 g/mol. The van der Waals surface area contributed by atoms with Crippen LogP contribution in [-0.2, 0) is 17.8 Å². The number of carbonyl (C=O) groups is 1. The fraction of sp³-hybridized carbons (Fsp3) is 0.160. The Morgan fingerprint density at radius 3 is 2.50 bits per heavy atom. The summed E-state index contributed by atoms with van der Waals surface area (Å²) in [5.41, 5.74) is 3.25. The summed E-state index contributed by atoms with van der Waals surface area (Å²) in [6, 6.07) is 19.4. The van der Waals surface area contributed by atoms with Gasteiger partial charge in [-0.1, -0.05) is 30.3 Å². The van der Waals surface area contributed by atoms with Gasteiger partial charge in [0.1, 0.15) is 0 Å². The van der Waals surface area contributed by atoms with Gasteiger partial charge >= 0.3 is 0 Å². The van der Waals surface area contributed by atoms with E-state index < -0.39 is 5.82 Å². The van der Waals surface area contributed by atoms with Gasteiger partial charge in [0.2, 0.25) is 11.8 Å². The van der Waals surface area contributed by atoms with Gasteiger partial charge in [-0.2, -0.15) is 5.10 Å². The molecule has 162 valence electrons. The molecule has 0 bridgehead atoms. The van der Waals surface area contributed by atoms with Gasteiger partial charge in [-0.05, 0) is 55.3 Å². The van der Waals surface area contributed by atoms with Crippen LogP contribution in [0.1, 0.15) is 23.2 Å². The van der Waals surface area contributed by atoms with E-state index in [0.29, 0.717) is 18.8 Å². The molecule has 2 heterocycles. The smallest absolute Gasteiger partial charge is 0.226 e. The average molecular weight is 430 g/mol. The average Bonchev–Trinajstić information content (AvgIpc) is 3.14. The van der Waals surface area contributed by atoms with Gasteiger partial charge in [0.05, 0.1) is 11.4 Å². The van der Waals surface area contributed by atoms with Crippen molar-refractivity contribution in [3.05, 3.63) is 102 Å². The lowest BCUT2D eigenvalue weighted by atomic mass is 10.1. The highest BCUT2D eigenvalue weighted by Gasteiger charge is 2.20. The number of benzene rings is 2. The largest absolute Gasteiger partial charge is 0.436 e. The number of amides is 1. The van der Waals surface area contributed by atoms with Crippen LogP contribution >= 0.6 is 0 Å². The highest BCUT2D eigenvalue weighted by molar-refractivity contribution is 5.76. The number of hydrogen-bond donors (Lipinski definition) is 1. The van der Waals surface area contributed by atoms with Crippen LogP contribution in [0.3, 0.4) is 0 Å². The van der Waals surface area contributed by atoms with Crippen LogP contribution in [0.5, 0.6) is 11.6 Å². The summed E-state index contributed by atoms with van der Waals surface area (Å²) in [6.07, 6.45) is 4.04. The number of ether oxygens (including phenoxy) is 1.